The monoisotopic (exact) mass is 648 g/mol. The van der Waals surface area contributed by atoms with Gasteiger partial charge in [-0.05, 0) is 24.3 Å². The van der Waals surface area contributed by atoms with Gasteiger partial charge in [0.05, 0.1) is 0 Å². The van der Waals surface area contributed by atoms with E-state index in [4.69, 9.17) is 0 Å². The minimum atomic E-state index is 1.03. The van der Waals surface area contributed by atoms with Crippen LogP contribution in [0.15, 0.2) is 51.1 Å². The van der Waals surface area contributed by atoms with Crippen molar-refractivity contribution in [2.45, 2.75) is 0 Å². The van der Waals surface area contributed by atoms with Crippen LogP contribution in [0.1, 0.15) is 11.1 Å². The van der Waals surface area contributed by atoms with Gasteiger partial charge in [0.1, 0.15) is 0 Å². The first-order valence-electron chi connectivity index (χ1n) is 5.35. The van der Waals surface area contributed by atoms with E-state index in [1.807, 2.05) is 24.3 Å². The van der Waals surface area contributed by atoms with Crippen molar-refractivity contribution in [3.63, 3.8) is 0 Å². The first-order chi connectivity index (χ1) is 9.38. The summed E-state index contributed by atoms with van der Waals surface area (Å²) in [5.41, 5.74) is 2.19. The average Bonchev–Trinajstić information content (AvgIpc) is 2.30. The van der Waals surface area contributed by atoms with Crippen molar-refractivity contribution < 1.29 is 0 Å². The molecule has 6 heteroatoms. The SMILES string of the molecule is Brc1cc(Br)c(/C=C/c2c(Br)cc(Br)cc2Br)c(Br)c1. The standard InChI is InChI=1S/C14H6Br6/c15-7-3-11(17)9(12(18)4-7)1-2-10-13(19)5-8(16)6-14(10)20/h1-6H/b2-1+. The summed E-state index contributed by atoms with van der Waals surface area (Å²) in [6, 6.07) is 8.10. The summed E-state index contributed by atoms with van der Waals surface area (Å²) in [5.74, 6) is 0. The van der Waals surface area contributed by atoms with Crippen LogP contribution in [0.4, 0.5) is 0 Å². The van der Waals surface area contributed by atoms with Crippen molar-refractivity contribution >= 4 is 108 Å². The summed E-state index contributed by atoms with van der Waals surface area (Å²) in [5, 5.41) is 0. The molecule has 0 amide bonds. The second-order valence-corrected chi connectivity index (χ2v) is 9.15. The van der Waals surface area contributed by atoms with Crippen molar-refractivity contribution in [2.75, 3.05) is 0 Å². The molecule has 0 aliphatic rings. The van der Waals surface area contributed by atoms with Crippen LogP contribution in [0.5, 0.6) is 0 Å². The minimum Gasteiger partial charge on any atom is -0.0520 e. The fourth-order valence-corrected chi connectivity index (χ4v) is 6.64. The highest BCUT2D eigenvalue weighted by molar-refractivity contribution is 9.12. The molecule has 0 aliphatic heterocycles. The van der Waals surface area contributed by atoms with E-state index >= 15 is 0 Å². The molecule has 2 rings (SSSR count). The Morgan fingerprint density at radius 3 is 1.00 bits per heavy atom. The van der Waals surface area contributed by atoms with E-state index in [-0.39, 0.29) is 0 Å². The van der Waals surface area contributed by atoms with Crippen LogP contribution in [0.2, 0.25) is 0 Å². The highest BCUT2D eigenvalue weighted by atomic mass is 79.9. The molecule has 2 aromatic rings. The molecule has 2 aromatic carbocycles. The van der Waals surface area contributed by atoms with Crippen LogP contribution in [-0.2, 0) is 0 Å². The maximum atomic E-state index is 3.58. The zero-order chi connectivity index (χ0) is 14.9. The van der Waals surface area contributed by atoms with Gasteiger partial charge < -0.3 is 0 Å². The van der Waals surface area contributed by atoms with Crippen LogP contribution in [-0.4, -0.2) is 0 Å². The zero-order valence-electron chi connectivity index (χ0n) is 9.73. The molecule has 0 fully saturated rings. The predicted octanol–water partition coefficient (Wildman–Crippen LogP) is 8.43. The highest BCUT2D eigenvalue weighted by Gasteiger charge is 2.06. The van der Waals surface area contributed by atoms with Gasteiger partial charge in [0.2, 0.25) is 0 Å². The van der Waals surface area contributed by atoms with Crippen molar-refractivity contribution in [1.29, 1.82) is 0 Å². The van der Waals surface area contributed by atoms with Gasteiger partial charge in [-0.15, -0.1) is 0 Å². The Bertz CT molecular complexity index is 585. The second kappa shape index (κ2) is 7.55. The van der Waals surface area contributed by atoms with E-state index in [1.54, 1.807) is 0 Å². The van der Waals surface area contributed by atoms with Gasteiger partial charge in [-0.25, -0.2) is 0 Å². The van der Waals surface area contributed by atoms with E-state index in [0.717, 1.165) is 38.0 Å². The maximum Gasteiger partial charge on any atom is 0.0270 e. The molecule has 0 aromatic heterocycles. The highest BCUT2D eigenvalue weighted by Crippen LogP contribution is 2.34. The Morgan fingerprint density at radius 2 is 0.750 bits per heavy atom. The molecule has 0 spiro atoms. The number of halogens is 6. The lowest BCUT2D eigenvalue weighted by Crippen LogP contribution is -1.82. The van der Waals surface area contributed by atoms with Crippen molar-refractivity contribution in [2.24, 2.45) is 0 Å². The normalized spacial score (nSPS) is 11.3. The summed E-state index contributed by atoms with van der Waals surface area (Å²) in [6.45, 7) is 0. The summed E-state index contributed by atoms with van der Waals surface area (Å²) >= 11 is 21.3. The largest absolute Gasteiger partial charge is 0.0520 e. The molecule has 20 heavy (non-hydrogen) atoms. The Balaban J connectivity index is 2.45. The van der Waals surface area contributed by atoms with Crippen molar-refractivity contribution in [3.05, 3.63) is 62.2 Å². The zero-order valence-corrected chi connectivity index (χ0v) is 19.2. The van der Waals surface area contributed by atoms with E-state index < -0.39 is 0 Å². The lowest BCUT2D eigenvalue weighted by atomic mass is 10.1. The molecule has 0 bridgehead atoms. The lowest BCUT2D eigenvalue weighted by Gasteiger charge is -2.06. The van der Waals surface area contributed by atoms with E-state index in [9.17, 15) is 0 Å². The molecular formula is C14H6Br6. The predicted molar refractivity (Wildman–Crippen MR) is 108 cm³/mol. The average molecular weight is 654 g/mol. The fourth-order valence-electron chi connectivity index (χ4n) is 1.59. The Labute approximate surface area is 168 Å². The van der Waals surface area contributed by atoms with Crippen LogP contribution < -0.4 is 0 Å². The van der Waals surface area contributed by atoms with E-state index in [2.05, 4.69) is 108 Å². The molecule has 0 heterocycles. The summed E-state index contributed by atoms with van der Waals surface area (Å²) in [6.07, 6.45) is 4.14. The van der Waals surface area contributed by atoms with Gasteiger partial charge >= 0.3 is 0 Å². The molecule has 0 nitrogen and oxygen atoms in total. The lowest BCUT2D eigenvalue weighted by molar-refractivity contribution is 1.50. The number of hydrogen-bond donors (Lipinski definition) is 0. The molecule has 104 valence electrons. The Kier molecular flexibility index (Phi) is 6.58. The molecule has 0 radical (unpaired) electrons. The summed E-state index contributed by atoms with van der Waals surface area (Å²) in [4.78, 5) is 0. The van der Waals surface area contributed by atoms with Gasteiger partial charge in [0, 0.05) is 38.0 Å². The summed E-state index contributed by atoms with van der Waals surface area (Å²) in [7, 11) is 0. The smallest absolute Gasteiger partial charge is 0.0270 e. The number of benzene rings is 2. The molecule has 0 N–H and O–H groups in total. The minimum absolute atomic E-state index is 1.03. The van der Waals surface area contributed by atoms with Crippen molar-refractivity contribution in [3.8, 4) is 0 Å². The third-order valence-electron chi connectivity index (χ3n) is 2.50. The maximum absolute atomic E-state index is 3.58. The molecule has 0 aliphatic carbocycles. The third kappa shape index (κ3) is 4.29. The van der Waals surface area contributed by atoms with E-state index in [1.165, 1.54) is 0 Å². The molecule has 0 saturated heterocycles. The summed E-state index contributed by atoms with van der Waals surface area (Å²) < 4.78 is 6.16. The van der Waals surface area contributed by atoms with Crippen LogP contribution in [0, 0.1) is 0 Å². The first kappa shape index (κ1) is 17.4. The van der Waals surface area contributed by atoms with Gasteiger partial charge in [-0.1, -0.05) is 108 Å². The van der Waals surface area contributed by atoms with Crippen LogP contribution >= 0.6 is 95.6 Å². The first-order valence-corrected chi connectivity index (χ1v) is 10.1. The second-order valence-electron chi connectivity index (χ2n) is 3.90. The third-order valence-corrected chi connectivity index (χ3v) is 6.04. The van der Waals surface area contributed by atoms with Crippen molar-refractivity contribution in [1.82, 2.24) is 0 Å². The van der Waals surface area contributed by atoms with Crippen LogP contribution in [0.3, 0.4) is 0 Å². The fraction of sp³-hybridized carbons (Fsp3) is 0. The molecule has 0 unspecified atom stereocenters. The Hall–Kier alpha value is 1.06. The number of hydrogen-bond acceptors (Lipinski definition) is 0. The van der Waals surface area contributed by atoms with Crippen LogP contribution in [0.25, 0.3) is 12.2 Å². The quantitative estimate of drug-likeness (QED) is 0.286. The van der Waals surface area contributed by atoms with Gasteiger partial charge in [-0.2, -0.15) is 0 Å². The Morgan fingerprint density at radius 1 is 0.500 bits per heavy atom. The molecule has 0 saturated carbocycles. The molecule has 0 atom stereocenters. The number of rotatable bonds is 2. The van der Waals surface area contributed by atoms with Gasteiger partial charge in [0.25, 0.3) is 0 Å². The topological polar surface area (TPSA) is 0 Å². The molecular weight excluding hydrogens is 648 g/mol. The van der Waals surface area contributed by atoms with E-state index in [0.29, 0.717) is 0 Å². The van der Waals surface area contributed by atoms with Gasteiger partial charge in [0.15, 0.2) is 0 Å². The van der Waals surface area contributed by atoms with Gasteiger partial charge in [-0.3, -0.25) is 0 Å².